The first-order valence-corrected chi connectivity index (χ1v) is 8.92. The van der Waals surface area contributed by atoms with Crippen LogP contribution in [0.3, 0.4) is 0 Å². The summed E-state index contributed by atoms with van der Waals surface area (Å²) >= 11 is 0. The maximum Gasteiger partial charge on any atom is 0.221 e. The van der Waals surface area contributed by atoms with Gasteiger partial charge in [-0.05, 0) is 24.1 Å². The summed E-state index contributed by atoms with van der Waals surface area (Å²) in [4.78, 5) is 15.2. The number of fused-ring (bicyclic) bond motifs is 1. The topological polar surface area (TPSA) is 66.2 Å². The molecule has 0 atom stereocenters. The summed E-state index contributed by atoms with van der Waals surface area (Å²) in [6.07, 6.45) is 3.30. The van der Waals surface area contributed by atoms with Crippen molar-refractivity contribution in [3.05, 3.63) is 65.9 Å². The normalized spacial score (nSPS) is 10.8. The smallest absolute Gasteiger partial charge is 0.221 e. The number of benzene rings is 2. The van der Waals surface area contributed by atoms with E-state index in [9.17, 15) is 4.79 Å². The van der Waals surface area contributed by atoms with E-state index in [0.717, 1.165) is 23.3 Å². The Kier molecular flexibility index (Phi) is 6.28. The lowest BCUT2D eigenvalue weighted by Gasteiger charge is -2.09. The fourth-order valence-corrected chi connectivity index (χ4v) is 3.04. The second-order valence-electron chi connectivity index (χ2n) is 6.20. The van der Waals surface area contributed by atoms with E-state index in [1.165, 1.54) is 10.9 Å². The largest absolute Gasteiger partial charge is 0.496 e. The van der Waals surface area contributed by atoms with Crippen molar-refractivity contribution in [1.82, 2.24) is 15.6 Å². The Hall–Kier alpha value is -2.79. The van der Waals surface area contributed by atoms with Crippen LogP contribution in [-0.2, 0) is 17.8 Å². The van der Waals surface area contributed by atoms with Crippen LogP contribution < -0.4 is 15.4 Å². The Bertz CT molecular complexity index is 857. The van der Waals surface area contributed by atoms with E-state index >= 15 is 0 Å². The number of rotatable bonds is 9. The number of carbonyl (C=O) groups excluding carboxylic acids is 1. The van der Waals surface area contributed by atoms with Crippen molar-refractivity contribution >= 4 is 16.8 Å². The number of carbonyl (C=O) groups is 1. The van der Waals surface area contributed by atoms with Crippen LogP contribution >= 0.6 is 0 Å². The van der Waals surface area contributed by atoms with Gasteiger partial charge < -0.3 is 20.4 Å². The molecule has 136 valence electrons. The zero-order valence-electron chi connectivity index (χ0n) is 15.0. The minimum Gasteiger partial charge on any atom is -0.496 e. The van der Waals surface area contributed by atoms with Gasteiger partial charge in [-0.2, -0.15) is 0 Å². The third-order valence-corrected chi connectivity index (χ3v) is 4.43. The van der Waals surface area contributed by atoms with E-state index in [1.807, 2.05) is 42.6 Å². The number of aromatic nitrogens is 1. The van der Waals surface area contributed by atoms with Crippen molar-refractivity contribution in [3.63, 3.8) is 0 Å². The molecular weight excluding hydrogens is 326 g/mol. The Morgan fingerprint density at radius 1 is 1.04 bits per heavy atom. The third-order valence-electron chi connectivity index (χ3n) is 4.43. The molecule has 5 nitrogen and oxygen atoms in total. The van der Waals surface area contributed by atoms with Crippen molar-refractivity contribution in [2.45, 2.75) is 19.4 Å². The summed E-state index contributed by atoms with van der Waals surface area (Å²) in [5, 5.41) is 7.50. The van der Waals surface area contributed by atoms with Crippen molar-refractivity contribution in [3.8, 4) is 5.75 Å². The molecule has 0 radical (unpaired) electrons. The molecule has 5 heteroatoms. The summed E-state index contributed by atoms with van der Waals surface area (Å²) in [5.74, 6) is 0.931. The van der Waals surface area contributed by atoms with Gasteiger partial charge in [-0.3, -0.25) is 4.79 Å². The number of aromatic amines is 1. The molecule has 3 rings (SSSR count). The van der Waals surface area contributed by atoms with Gasteiger partial charge in [0.1, 0.15) is 5.75 Å². The highest BCUT2D eigenvalue weighted by Crippen LogP contribution is 2.18. The average Bonchev–Trinajstić information content (AvgIpc) is 3.09. The van der Waals surface area contributed by atoms with Crippen LogP contribution in [0.2, 0.25) is 0 Å². The summed E-state index contributed by atoms with van der Waals surface area (Å²) in [6, 6.07) is 16.1. The van der Waals surface area contributed by atoms with Crippen LogP contribution in [0.5, 0.6) is 5.75 Å². The summed E-state index contributed by atoms with van der Waals surface area (Å²) in [6.45, 7) is 1.97. The fraction of sp³-hybridized carbons (Fsp3) is 0.286. The molecule has 1 aromatic heterocycles. The van der Waals surface area contributed by atoms with Gasteiger partial charge in [0, 0.05) is 48.7 Å². The highest BCUT2D eigenvalue weighted by Gasteiger charge is 2.05. The van der Waals surface area contributed by atoms with Gasteiger partial charge in [0.2, 0.25) is 5.91 Å². The van der Waals surface area contributed by atoms with Gasteiger partial charge in [0.25, 0.3) is 0 Å². The molecule has 0 spiro atoms. The second-order valence-corrected chi connectivity index (χ2v) is 6.20. The van der Waals surface area contributed by atoms with E-state index in [1.54, 1.807) is 7.11 Å². The van der Waals surface area contributed by atoms with Gasteiger partial charge in [-0.25, -0.2) is 0 Å². The molecule has 2 aromatic carbocycles. The zero-order chi connectivity index (χ0) is 18.2. The predicted octanol–water partition coefficient (Wildman–Crippen LogP) is 3.02. The van der Waals surface area contributed by atoms with E-state index in [2.05, 4.69) is 27.8 Å². The molecule has 0 aliphatic heterocycles. The van der Waals surface area contributed by atoms with Crippen molar-refractivity contribution in [1.29, 1.82) is 0 Å². The third kappa shape index (κ3) is 4.64. The SMILES string of the molecule is COc1ccccc1CNCCC(=O)NCCc1c[nH]c2ccccc12. The number of amides is 1. The highest BCUT2D eigenvalue weighted by atomic mass is 16.5. The van der Waals surface area contributed by atoms with Gasteiger partial charge in [0.05, 0.1) is 7.11 Å². The average molecular weight is 351 g/mol. The molecule has 0 saturated carbocycles. The molecule has 1 heterocycles. The first-order valence-electron chi connectivity index (χ1n) is 8.92. The zero-order valence-corrected chi connectivity index (χ0v) is 15.0. The Balaban J connectivity index is 1.35. The van der Waals surface area contributed by atoms with E-state index in [0.29, 0.717) is 26.1 Å². The lowest BCUT2D eigenvalue weighted by Crippen LogP contribution is -2.29. The minimum atomic E-state index is 0.0670. The number of H-pyrrole nitrogens is 1. The molecule has 0 unspecified atom stereocenters. The van der Waals surface area contributed by atoms with Gasteiger partial charge >= 0.3 is 0 Å². The van der Waals surface area contributed by atoms with Crippen LogP contribution in [0, 0.1) is 0 Å². The van der Waals surface area contributed by atoms with Crippen LogP contribution in [-0.4, -0.2) is 31.1 Å². The fourth-order valence-electron chi connectivity index (χ4n) is 3.04. The summed E-state index contributed by atoms with van der Waals surface area (Å²) in [7, 11) is 1.67. The van der Waals surface area contributed by atoms with Crippen LogP contribution in [0.25, 0.3) is 10.9 Å². The Morgan fingerprint density at radius 3 is 2.73 bits per heavy atom. The molecule has 1 amide bonds. The minimum absolute atomic E-state index is 0.0670. The van der Waals surface area contributed by atoms with Gasteiger partial charge in [0.15, 0.2) is 0 Å². The van der Waals surface area contributed by atoms with Crippen molar-refractivity contribution in [2.24, 2.45) is 0 Å². The molecule has 0 saturated heterocycles. The number of methoxy groups -OCH3 is 1. The monoisotopic (exact) mass is 351 g/mol. The van der Waals surface area contributed by atoms with E-state index in [4.69, 9.17) is 4.74 Å². The van der Waals surface area contributed by atoms with Crippen LogP contribution in [0.15, 0.2) is 54.7 Å². The quantitative estimate of drug-likeness (QED) is 0.519. The predicted molar refractivity (Wildman–Crippen MR) is 104 cm³/mol. The second kappa shape index (κ2) is 9.06. The molecule has 26 heavy (non-hydrogen) atoms. The molecule has 0 aliphatic carbocycles. The Morgan fingerprint density at radius 2 is 1.85 bits per heavy atom. The van der Waals surface area contributed by atoms with Gasteiger partial charge in [-0.1, -0.05) is 36.4 Å². The molecule has 3 N–H and O–H groups in total. The first kappa shape index (κ1) is 18.0. The first-order chi connectivity index (χ1) is 12.8. The van der Waals surface area contributed by atoms with Crippen molar-refractivity contribution in [2.75, 3.05) is 20.2 Å². The summed E-state index contributed by atoms with van der Waals surface area (Å²) < 4.78 is 5.32. The number of nitrogens with one attached hydrogen (secondary N) is 3. The van der Waals surface area contributed by atoms with Crippen LogP contribution in [0.4, 0.5) is 0 Å². The number of hydrogen-bond acceptors (Lipinski definition) is 3. The number of para-hydroxylation sites is 2. The Labute approximate surface area is 153 Å². The molecule has 0 bridgehead atoms. The molecule has 0 fully saturated rings. The maximum absolute atomic E-state index is 12.0. The van der Waals surface area contributed by atoms with Crippen LogP contribution in [0.1, 0.15) is 17.5 Å². The van der Waals surface area contributed by atoms with Crippen molar-refractivity contribution < 1.29 is 9.53 Å². The van der Waals surface area contributed by atoms with E-state index < -0.39 is 0 Å². The lowest BCUT2D eigenvalue weighted by molar-refractivity contribution is -0.120. The van der Waals surface area contributed by atoms with Gasteiger partial charge in [-0.15, -0.1) is 0 Å². The lowest BCUT2D eigenvalue weighted by atomic mass is 10.1. The standard InChI is InChI=1S/C21H25N3O2/c1-26-20-9-5-2-6-17(20)14-22-12-11-21(25)23-13-10-16-15-24-19-8-4-3-7-18(16)19/h2-9,15,22,24H,10-14H2,1H3,(H,23,25). The van der Waals surface area contributed by atoms with E-state index in [-0.39, 0.29) is 5.91 Å². The number of ether oxygens (including phenoxy) is 1. The maximum atomic E-state index is 12.0. The highest BCUT2D eigenvalue weighted by molar-refractivity contribution is 5.83. The molecule has 0 aliphatic rings. The summed E-state index contributed by atoms with van der Waals surface area (Å²) in [5.41, 5.74) is 3.46. The number of hydrogen-bond donors (Lipinski definition) is 3. The molecule has 3 aromatic rings. The molecular formula is C21H25N3O2.